The van der Waals surface area contributed by atoms with E-state index in [4.69, 9.17) is 10.5 Å². The molecule has 1 aliphatic heterocycles. The maximum Gasteiger partial charge on any atom is 0.229 e. The standard InChI is InChI=1S/C20H23N3O3/c21-12-4-7-19(24)22-15-13-20(25)23(14-15)16-8-10-18(11-9-16)26-17-5-2-1-3-6-17/h1-3,5-6,8-11,15H,4,7,12-14,21H2,(H,22,24). The van der Waals surface area contributed by atoms with Gasteiger partial charge in [-0.1, -0.05) is 18.2 Å². The predicted octanol–water partition coefficient (Wildman–Crippen LogP) is 2.44. The van der Waals surface area contributed by atoms with E-state index in [1.165, 1.54) is 0 Å². The van der Waals surface area contributed by atoms with Crippen LogP contribution in [0, 0.1) is 0 Å². The fourth-order valence-corrected chi connectivity index (χ4v) is 2.94. The normalized spacial score (nSPS) is 16.6. The van der Waals surface area contributed by atoms with Crippen LogP contribution in [0.3, 0.4) is 0 Å². The maximum atomic E-state index is 12.3. The molecule has 1 atom stereocenters. The van der Waals surface area contributed by atoms with Gasteiger partial charge in [0.15, 0.2) is 0 Å². The number of anilines is 1. The molecule has 2 amide bonds. The van der Waals surface area contributed by atoms with Crippen LogP contribution in [0.4, 0.5) is 5.69 Å². The molecule has 26 heavy (non-hydrogen) atoms. The summed E-state index contributed by atoms with van der Waals surface area (Å²) in [6, 6.07) is 16.7. The van der Waals surface area contributed by atoms with E-state index in [2.05, 4.69) is 5.32 Å². The minimum Gasteiger partial charge on any atom is -0.457 e. The molecule has 6 heteroatoms. The molecule has 0 aliphatic carbocycles. The maximum absolute atomic E-state index is 12.3. The summed E-state index contributed by atoms with van der Waals surface area (Å²) >= 11 is 0. The van der Waals surface area contributed by atoms with Gasteiger partial charge in [-0.3, -0.25) is 9.59 Å². The molecule has 2 aromatic rings. The summed E-state index contributed by atoms with van der Waals surface area (Å²) in [7, 11) is 0. The summed E-state index contributed by atoms with van der Waals surface area (Å²) in [4.78, 5) is 25.8. The number of carbonyl (C=O) groups is 2. The Morgan fingerprint density at radius 2 is 1.81 bits per heavy atom. The number of hydrogen-bond acceptors (Lipinski definition) is 4. The summed E-state index contributed by atoms with van der Waals surface area (Å²) in [6.45, 7) is 0.965. The molecule has 2 aromatic carbocycles. The molecule has 0 spiro atoms. The zero-order chi connectivity index (χ0) is 18.4. The van der Waals surface area contributed by atoms with Crippen molar-refractivity contribution in [3.8, 4) is 11.5 Å². The quantitative estimate of drug-likeness (QED) is 0.801. The van der Waals surface area contributed by atoms with E-state index in [1.807, 2.05) is 54.6 Å². The summed E-state index contributed by atoms with van der Waals surface area (Å²) in [6.07, 6.45) is 1.36. The van der Waals surface area contributed by atoms with E-state index < -0.39 is 0 Å². The van der Waals surface area contributed by atoms with Crippen molar-refractivity contribution < 1.29 is 14.3 Å². The monoisotopic (exact) mass is 353 g/mol. The fraction of sp³-hybridized carbons (Fsp3) is 0.300. The van der Waals surface area contributed by atoms with Crippen molar-refractivity contribution in [3.63, 3.8) is 0 Å². The number of carbonyl (C=O) groups excluding carboxylic acids is 2. The first kappa shape index (κ1) is 17.9. The Bertz CT molecular complexity index is 747. The zero-order valence-corrected chi connectivity index (χ0v) is 14.6. The fourth-order valence-electron chi connectivity index (χ4n) is 2.94. The molecule has 1 heterocycles. The third-order valence-corrected chi connectivity index (χ3v) is 4.23. The average molecular weight is 353 g/mol. The van der Waals surface area contributed by atoms with Gasteiger partial charge in [0.25, 0.3) is 0 Å². The Morgan fingerprint density at radius 1 is 1.12 bits per heavy atom. The molecule has 0 aromatic heterocycles. The van der Waals surface area contributed by atoms with Crippen molar-refractivity contribution in [1.82, 2.24) is 5.32 Å². The largest absolute Gasteiger partial charge is 0.457 e. The molecule has 3 rings (SSSR count). The molecule has 3 N–H and O–H groups in total. The first-order valence-electron chi connectivity index (χ1n) is 8.78. The molecule has 0 bridgehead atoms. The number of nitrogens with zero attached hydrogens (tertiary/aromatic N) is 1. The Labute approximate surface area is 152 Å². The summed E-state index contributed by atoms with van der Waals surface area (Å²) in [5.41, 5.74) is 6.21. The number of hydrogen-bond donors (Lipinski definition) is 2. The highest BCUT2D eigenvalue weighted by Crippen LogP contribution is 2.26. The van der Waals surface area contributed by atoms with Crippen LogP contribution in [0.1, 0.15) is 19.3 Å². The lowest BCUT2D eigenvalue weighted by Crippen LogP contribution is -2.37. The van der Waals surface area contributed by atoms with Crippen molar-refractivity contribution in [2.75, 3.05) is 18.0 Å². The van der Waals surface area contributed by atoms with Gasteiger partial charge in [0.1, 0.15) is 11.5 Å². The Kier molecular flexibility index (Phi) is 5.86. The molecule has 6 nitrogen and oxygen atoms in total. The smallest absolute Gasteiger partial charge is 0.229 e. The van der Waals surface area contributed by atoms with Gasteiger partial charge in [0.05, 0.1) is 6.04 Å². The van der Waals surface area contributed by atoms with Crippen LogP contribution in [0.2, 0.25) is 0 Å². The molecular formula is C20H23N3O3. The van der Waals surface area contributed by atoms with Crippen LogP contribution in [0.5, 0.6) is 11.5 Å². The second-order valence-electron chi connectivity index (χ2n) is 6.27. The van der Waals surface area contributed by atoms with Crippen molar-refractivity contribution in [2.24, 2.45) is 5.73 Å². The number of benzene rings is 2. The van der Waals surface area contributed by atoms with E-state index in [1.54, 1.807) is 4.90 Å². The van der Waals surface area contributed by atoms with E-state index in [-0.39, 0.29) is 17.9 Å². The number of nitrogens with two attached hydrogens (primary N) is 1. The Hall–Kier alpha value is -2.86. The lowest BCUT2D eigenvalue weighted by molar-refractivity contribution is -0.121. The van der Waals surface area contributed by atoms with Crippen molar-refractivity contribution in [3.05, 3.63) is 54.6 Å². The first-order valence-corrected chi connectivity index (χ1v) is 8.78. The summed E-state index contributed by atoms with van der Waals surface area (Å²) in [5.74, 6) is 1.42. The van der Waals surface area contributed by atoms with Gasteiger partial charge in [-0.2, -0.15) is 0 Å². The zero-order valence-electron chi connectivity index (χ0n) is 14.6. The third-order valence-electron chi connectivity index (χ3n) is 4.23. The first-order chi connectivity index (χ1) is 12.7. The van der Waals surface area contributed by atoms with E-state index in [0.29, 0.717) is 38.1 Å². The number of rotatable bonds is 7. The van der Waals surface area contributed by atoms with Crippen LogP contribution < -0.4 is 20.7 Å². The van der Waals surface area contributed by atoms with Crippen LogP contribution >= 0.6 is 0 Å². The summed E-state index contributed by atoms with van der Waals surface area (Å²) < 4.78 is 5.76. The van der Waals surface area contributed by atoms with Gasteiger partial charge in [0.2, 0.25) is 11.8 Å². The highest BCUT2D eigenvalue weighted by Gasteiger charge is 2.31. The average Bonchev–Trinajstić information content (AvgIpc) is 3.01. The molecule has 136 valence electrons. The van der Waals surface area contributed by atoms with Crippen LogP contribution in [0.25, 0.3) is 0 Å². The SMILES string of the molecule is NCCCC(=O)NC1CC(=O)N(c2ccc(Oc3ccccc3)cc2)C1. The molecular weight excluding hydrogens is 330 g/mol. The van der Waals surface area contributed by atoms with Gasteiger partial charge in [-0.05, 0) is 49.4 Å². The van der Waals surface area contributed by atoms with Gasteiger partial charge in [0, 0.05) is 25.1 Å². The topological polar surface area (TPSA) is 84.7 Å². The van der Waals surface area contributed by atoms with Gasteiger partial charge in [-0.25, -0.2) is 0 Å². The van der Waals surface area contributed by atoms with E-state index in [9.17, 15) is 9.59 Å². The molecule has 1 saturated heterocycles. The molecule has 0 saturated carbocycles. The minimum absolute atomic E-state index is 0.00542. The minimum atomic E-state index is -0.159. The molecule has 0 radical (unpaired) electrons. The Morgan fingerprint density at radius 3 is 2.50 bits per heavy atom. The van der Waals surface area contributed by atoms with Gasteiger partial charge < -0.3 is 20.7 Å². The van der Waals surface area contributed by atoms with Crippen LogP contribution in [0.15, 0.2) is 54.6 Å². The van der Waals surface area contributed by atoms with E-state index >= 15 is 0 Å². The second kappa shape index (κ2) is 8.49. The van der Waals surface area contributed by atoms with Crippen molar-refractivity contribution in [2.45, 2.75) is 25.3 Å². The van der Waals surface area contributed by atoms with Crippen LogP contribution in [-0.4, -0.2) is 30.9 Å². The molecule has 1 aliphatic rings. The van der Waals surface area contributed by atoms with E-state index in [0.717, 1.165) is 11.4 Å². The summed E-state index contributed by atoms with van der Waals surface area (Å²) in [5, 5.41) is 2.91. The van der Waals surface area contributed by atoms with Crippen LogP contribution in [-0.2, 0) is 9.59 Å². The van der Waals surface area contributed by atoms with Crippen molar-refractivity contribution in [1.29, 1.82) is 0 Å². The number of para-hydroxylation sites is 1. The van der Waals surface area contributed by atoms with Crippen molar-refractivity contribution >= 4 is 17.5 Å². The molecule has 1 unspecified atom stereocenters. The second-order valence-corrected chi connectivity index (χ2v) is 6.27. The lowest BCUT2D eigenvalue weighted by atomic mass is 10.2. The lowest BCUT2D eigenvalue weighted by Gasteiger charge is -2.18. The predicted molar refractivity (Wildman–Crippen MR) is 100 cm³/mol. The highest BCUT2D eigenvalue weighted by molar-refractivity contribution is 5.96. The Balaban J connectivity index is 1.58. The van der Waals surface area contributed by atoms with Gasteiger partial charge >= 0.3 is 0 Å². The number of nitrogens with one attached hydrogen (secondary N) is 1. The highest BCUT2D eigenvalue weighted by atomic mass is 16.5. The number of ether oxygens (including phenoxy) is 1. The van der Waals surface area contributed by atoms with Gasteiger partial charge in [-0.15, -0.1) is 0 Å². The molecule has 1 fully saturated rings. The number of amides is 2. The third kappa shape index (κ3) is 4.61.